The summed E-state index contributed by atoms with van der Waals surface area (Å²) in [5.74, 6) is -0.717. The Morgan fingerprint density at radius 3 is 2.30 bits per heavy atom. The van der Waals surface area contributed by atoms with Crippen molar-refractivity contribution in [2.75, 3.05) is 6.54 Å². The maximum absolute atomic E-state index is 13.4. The summed E-state index contributed by atoms with van der Waals surface area (Å²) in [4.78, 5) is -0.428. The Kier molecular flexibility index (Phi) is 5.38. The minimum atomic E-state index is -5.83. The third-order valence-electron chi connectivity index (χ3n) is 3.63. The van der Waals surface area contributed by atoms with E-state index in [1.807, 2.05) is 0 Å². The number of nitrogens with zero attached hydrogens (tertiary/aromatic N) is 2. The normalized spacial score (nSPS) is 15.5. The van der Waals surface area contributed by atoms with Gasteiger partial charge in [0.05, 0.1) is 24.1 Å². The summed E-state index contributed by atoms with van der Waals surface area (Å²) in [6, 6.07) is 6.46. The van der Waals surface area contributed by atoms with Gasteiger partial charge in [-0.2, -0.15) is 36.9 Å². The van der Waals surface area contributed by atoms with Crippen LogP contribution in [-0.4, -0.2) is 29.5 Å². The fourth-order valence-corrected chi connectivity index (χ4v) is 2.61. The van der Waals surface area contributed by atoms with Gasteiger partial charge in [0.25, 0.3) is 0 Å². The molecule has 0 fully saturated rings. The standard InChI is InChI=1S/C16H9F6N3OS/c17-15(18,19)14(16(20,21)22)7-11(13(27)25-5-1-4-23)10-6-9(8-24)2-3-12(10)26-14/h2-3,6-7H,1,5H2,(H,25,27). The molecule has 0 spiro atoms. The molecule has 1 N–H and O–H groups in total. The van der Waals surface area contributed by atoms with E-state index in [4.69, 9.17) is 22.7 Å². The van der Waals surface area contributed by atoms with E-state index in [-0.39, 0.29) is 30.2 Å². The molecule has 0 saturated carbocycles. The number of fused-ring (bicyclic) bond motifs is 1. The van der Waals surface area contributed by atoms with Gasteiger partial charge in [0.2, 0.25) is 0 Å². The molecular formula is C16H9F6N3OS. The first kappa shape index (κ1) is 20.5. The van der Waals surface area contributed by atoms with Gasteiger partial charge in [-0.05, 0) is 24.3 Å². The molecule has 1 aromatic rings. The lowest BCUT2D eigenvalue weighted by Gasteiger charge is -2.39. The maximum Gasteiger partial charge on any atom is 0.441 e. The van der Waals surface area contributed by atoms with Crippen LogP contribution in [0.25, 0.3) is 5.57 Å². The van der Waals surface area contributed by atoms with Crippen molar-refractivity contribution in [2.24, 2.45) is 0 Å². The molecule has 1 aliphatic heterocycles. The van der Waals surface area contributed by atoms with Crippen LogP contribution in [0.4, 0.5) is 26.3 Å². The van der Waals surface area contributed by atoms with Gasteiger partial charge in [-0.1, -0.05) is 12.2 Å². The summed E-state index contributed by atoms with van der Waals surface area (Å²) in [5, 5.41) is 19.9. The highest BCUT2D eigenvalue weighted by Gasteiger charge is 2.73. The molecule has 0 radical (unpaired) electrons. The number of thiocarbonyl (C=S) groups is 1. The van der Waals surface area contributed by atoms with Crippen molar-refractivity contribution >= 4 is 22.8 Å². The van der Waals surface area contributed by atoms with Crippen LogP contribution in [0.5, 0.6) is 5.75 Å². The summed E-state index contributed by atoms with van der Waals surface area (Å²) in [5.41, 5.74) is -5.38. The van der Waals surface area contributed by atoms with Gasteiger partial charge in [0, 0.05) is 17.7 Å². The number of rotatable bonds is 3. The lowest BCUT2D eigenvalue weighted by molar-refractivity contribution is -0.338. The number of nitriles is 2. The molecule has 1 heterocycles. The van der Waals surface area contributed by atoms with Crippen molar-refractivity contribution in [3.8, 4) is 17.9 Å². The lowest BCUT2D eigenvalue weighted by Crippen LogP contribution is -2.61. The van der Waals surface area contributed by atoms with Crippen molar-refractivity contribution < 1.29 is 31.1 Å². The number of hydrogen-bond acceptors (Lipinski definition) is 4. The molecule has 11 heteroatoms. The smallest absolute Gasteiger partial charge is 0.441 e. The fourth-order valence-electron chi connectivity index (χ4n) is 2.34. The maximum atomic E-state index is 13.4. The van der Waals surface area contributed by atoms with Crippen LogP contribution < -0.4 is 10.1 Å². The third kappa shape index (κ3) is 3.69. The molecule has 0 bridgehead atoms. The summed E-state index contributed by atoms with van der Waals surface area (Å²) in [6.45, 7) is -0.0775. The molecule has 0 aliphatic carbocycles. The average molecular weight is 405 g/mol. The molecule has 142 valence electrons. The Morgan fingerprint density at radius 1 is 1.15 bits per heavy atom. The molecule has 27 heavy (non-hydrogen) atoms. The van der Waals surface area contributed by atoms with E-state index in [1.165, 1.54) is 0 Å². The van der Waals surface area contributed by atoms with Crippen molar-refractivity contribution in [2.45, 2.75) is 24.4 Å². The van der Waals surface area contributed by atoms with E-state index >= 15 is 0 Å². The Balaban J connectivity index is 2.69. The van der Waals surface area contributed by atoms with Crippen molar-refractivity contribution in [1.29, 1.82) is 10.5 Å². The van der Waals surface area contributed by atoms with Crippen LogP contribution in [0.1, 0.15) is 17.5 Å². The van der Waals surface area contributed by atoms with E-state index in [9.17, 15) is 26.3 Å². The Morgan fingerprint density at radius 2 is 1.78 bits per heavy atom. The van der Waals surface area contributed by atoms with Gasteiger partial charge in [0.1, 0.15) is 10.7 Å². The molecule has 0 unspecified atom stereocenters. The van der Waals surface area contributed by atoms with Gasteiger partial charge >= 0.3 is 18.0 Å². The number of ether oxygens (including phenoxy) is 1. The first-order chi connectivity index (χ1) is 12.5. The van der Waals surface area contributed by atoms with E-state index in [1.54, 1.807) is 12.1 Å². The molecule has 0 atom stereocenters. The molecule has 0 amide bonds. The second-order valence-electron chi connectivity index (χ2n) is 5.38. The monoisotopic (exact) mass is 405 g/mol. The summed E-state index contributed by atoms with van der Waals surface area (Å²) < 4.78 is 84.9. The molecule has 4 nitrogen and oxygen atoms in total. The minimum Gasteiger partial charge on any atom is -0.464 e. The second kappa shape index (κ2) is 7.08. The van der Waals surface area contributed by atoms with E-state index < -0.39 is 34.3 Å². The summed E-state index contributed by atoms with van der Waals surface area (Å²) >= 11 is 4.93. The van der Waals surface area contributed by atoms with E-state index in [0.717, 1.165) is 18.2 Å². The van der Waals surface area contributed by atoms with Crippen LogP contribution in [-0.2, 0) is 0 Å². The first-order valence-corrected chi connectivity index (χ1v) is 7.62. The third-order valence-corrected chi connectivity index (χ3v) is 3.99. The zero-order valence-corrected chi connectivity index (χ0v) is 14.0. The number of halogens is 6. The second-order valence-corrected chi connectivity index (χ2v) is 5.79. The van der Waals surface area contributed by atoms with Crippen LogP contribution >= 0.6 is 12.2 Å². The lowest BCUT2D eigenvalue weighted by atomic mass is 9.90. The topological polar surface area (TPSA) is 68.8 Å². The average Bonchev–Trinajstić information content (AvgIpc) is 2.58. The quantitative estimate of drug-likeness (QED) is 0.467. The Hall–Kier alpha value is -2.79. The van der Waals surface area contributed by atoms with Crippen LogP contribution in [0.2, 0.25) is 0 Å². The summed E-state index contributed by atoms with van der Waals surface area (Å²) in [7, 11) is 0. The molecule has 2 rings (SSSR count). The number of benzene rings is 1. The number of nitrogens with one attached hydrogen (secondary N) is 1. The van der Waals surface area contributed by atoms with E-state index in [0.29, 0.717) is 0 Å². The Labute approximate surface area is 154 Å². The van der Waals surface area contributed by atoms with Gasteiger partial charge in [-0.3, -0.25) is 0 Å². The predicted molar refractivity (Wildman–Crippen MR) is 85.4 cm³/mol. The largest absolute Gasteiger partial charge is 0.464 e. The van der Waals surface area contributed by atoms with Crippen LogP contribution in [0, 0.1) is 22.7 Å². The van der Waals surface area contributed by atoms with Gasteiger partial charge in [-0.25, -0.2) is 0 Å². The highest BCUT2D eigenvalue weighted by molar-refractivity contribution is 7.81. The van der Waals surface area contributed by atoms with Gasteiger partial charge in [0.15, 0.2) is 0 Å². The molecular weight excluding hydrogens is 396 g/mol. The highest BCUT2D eigenvalue weighted by Crippen LogP contribution is 2.52. The fraction of sp³-hybridized carbons (Fsp3) is 0.312. The summed E-state index contributed by atoms with van der Waals surface area (Å²) in [6.07, 6.45) is -11.9. The predicted octanol–water partition coefficient (Wildman–Crippen LogP) is 4.03. The van der Waals surface area contributed by atoms with Crippen molar-refractivity contribution in [3.63, 3.8) is 0 Å². The first-order valence-electron chi connectivity index (χ1n) is 7.22. The van der Waals surface area contributed by atoms with Crippen molar-refractivity contribution in [3.05, 3.63) is 35.4 Å². The van der Waals surface area contributed by atoms with Gasteiger partial charge in [-0.15, -0.1) is 0 Å². The minimum absolute atomic E-state index is 0.00501. The zero-order chi connectivity index (χ0) is 20.5. The highest BCUT2D eigenvalue weighted by atomic mass is 32.1. The number of hydrogen-bond donors (Lipinski definition) is 1. The van der Waals surface area contributed by atoms with Crippen LogP contribution in [0.15, 0.2) is 24.3 Å². The Bertz CT molecular complexity index is 862. The zero-order valence-electron chi connectivity index (χ0n) is 13.2. The van der Waals surface area contributed by atoms with Crippen LogP contribution in [0.3, 0.4) is 0 Å². The SMILES string of the molecule is N#CCCNC(=S)C1=CC(C(F)(F)F)(C(F)(F)F)Oc2ccc(C#N)cc21. The molecule has 1 aliphatic rings. The molecule has 1 aromatic carbocycles. The van der Waals surface area contributed by atoms with Crippen molar-refractivity contribution in [1.82, 2.24) is 5.32 Å². The van der Waals surface area contributed by atoms with Gasteiger partial charge < -0.3 is 10.1 Å². The molecule has 0 aromatic heterocycles. The van der Waals surface area contributed by atoms with E-state index in [2.05, 4.69) is 10.1 Å². The number of alkyl halides is 6. The molecule has 0 saturated heterocycles.